The Morgan fingerprint density at radius 1 is 1.47 bits per heavy atom. The molecule has 0 spiro atoms. The summed E-state index contributed by atoms with van der Waals surface area (Å²) in [6.07, 6.45) is 2.51. The van der Waals surface area contributed by atoms with Gasteiger partial charge >= 0.3 is 0 Å². The maximum Gasteiger partial charge on any atom is 0.223 e. The first-order chi connectivity index (χ1) is 8.24. The number of carbonyl (C=O) groups excluding carboxylic acids is 1. The average Bonchev–Trinajstić information content (AvgIpc) is 3.07. The molecule has 3 nitrogen and oxygen atoms in total. The van der Waals surface area contributed by atoms with Crippen LogP contribution in [0.3, 0.4) is 0 Å². The third-order valence-electron chi connectivity index (χ3n) is 3.23. The van der Waals surface area contributed by atoms with E-state index in [9.17, 15) is 9.18 Å². The lowest BCUT2D eigenvalue weighted by molar-refractivity contribution is -0.122. The van der Waals surface area contributed by atoms with E-state index in [1.165, 1.54) is 6.07 Å². The van der Waals surface area contributed by atoms with Gasteiger partial charge in [0.15, 0.2) is 11.6 Å². The molecular formula is C13H14FNO2. The van der Waals surface area contributed by atoms with Crippen LogP contribution in [0, 0.1) is 11.7 Å². The number of amides is 1. The highest BCUT2D eigenvalue weighted by atomic mass is 19.1. The molecule has 0 saturated heterocycles. The van der Waals surface area contributed by atoms with Crippen molar-refractivity contribution in [2.45, 2.75) is 25.4 Å². The van der Waals surface area contributed by atoms with Crippen LogP contribution >= 0.6 is 0 Å². The van der Waals surface area contributed by atoms with Gasteiger partial charge in [-0.1, -0.05) is 12.1 Å². The molecule has 0 radical (unpaired) electrons. The minimum atomic E-state index is -0.321. The summed E-state index contributed by atoms with van der Waals surface area (Å²) >= 11 is 0. The van der Waals surface area contributed by atoms with Crippen molar-refractivity contribution in [1.82, 2.24) is 5.32 Å². The van der Waals surface area contributed by atoms with E-state index in [0.29, 0.717) is 18.7 Å². The fourth-order valence-corrected chi connectivity index (χ4v) is 2.12. The molecule has 1 fully saturated rings. The minimum Gasteiger partial charge on any atom is -0.485 e. The van der Waals surface area contributed by atoms with Crippen LogP contribution in [-0.4, -0.2) is 18.6 Å². The van der Waals surface area contributed by atoms with Gasteiger partial charge in [-0.05, 0) is 18.9 Å². The summed E-state index contributed by atoms with van der Waals surface area (Å²) < 4.78 is 18.9. The van der Waals surface area contributed by atoms with Gasteiger partial charge in [-0.25, -0.2) is 4.39 Å². The summed E-state index contributed by atoms with van der Waals surface area (Å²) in [6.45, 7) is 0.462. The van der Waals surface area contributed by atoms with Gasteiger partial charge < -0.3 is 10.1 Å². The van der Waals surface area contributed by atoms with Crippen LogP contribution in [0.15, 0.2) is 18.2 Å². The van der Waals surface area contributed by atoms with Crippen LogP contribution in [-0.2, 0) is 11.2 Å². The zero-order valence-corrected chi connectivity index (χ0v) is 9.41. The topological polar surface area (TPSA) is 38.3 Å². The van der Waals surface area contributed by atoms with Crippen LogP contribution in [0.1, 0.15) is 18.4 Å². The van der Waals surface area contributed by atoms with Gasteiger partial charge in [-0.3, -0.25) is 4.79 Å². The Balaban J connectivity index is 1.58. The summed E-state index contributed by atoms with van der Waals surface area (Å²) in [5.41, 5.74) is 0.885. The number of halogens is 1. The van der Waals surface area contributed by atoms with Gasteiger partial charge in [0, 0.05) is 17.9 Å². The lowest BCUT2D eigenvalue weighted by atomic mass is 10.1. The standard InChI is InChI=1S/C13H14FNO2/c14-11-3-1-2-9-6-10(17-12(9)11)7-15-13(16)8-4-5-8/h1-3,8,10H,4-7H2,(H,15,16). The molecule has 0 bridgehead atoms. The predicted octanol–water partition coefficient (Wildman–Crippen LogP) is 1.66. The highest BCUT2D eigenvalue weighted by Crippen LogP contribution is 2.32. The number of fused-ring (bicyclic) bond motifs is 1. The molecule has 1 aromatic rings. The Morgan fingerprint density at radius 2 is 2.29 bits per heavy atom. The van der Waals surface area contributed by atoms with Crippen molar-refractivity contribution in [2.24, 2.45) is 5.92 Å². The van der Waals surface area contributed by atoms with Crippen molar-refractivity contribution in [3.63, 3.8) is 0 Å². The monoisotopic (exact) mass is 235 g/mol. The zero-order valence-electron chi connectivity index (χ0n) is 9.41. The fraction of sp³-hybridized carbons (Fsp3) is 0.462. The lowest BCUT2D eigenvalue weighted by Crippen LogP contribution is -2.35. The number of hydrogen-bond acceptors (Lipinski definition) is 2. The number of hydrogen-bond donors (Lipinski definition) is 1. The van der Waals surface area contributed by atoms with Gasteiger partial charge in [-0.2, -0.15) is 0 Å². The Kier molecular flexibility index (Phi) is 2.50. The Morgan fingerprint density at radius 3 is 3.00 bits per heavy atom. The molecule has 3 rings (SSSR count). The third kappa shape index (κ3) is 2.12. The number of rotatable bonds is 3. The molecule has 0 aromatic heterocycles. The van der Waals surface area contributed by atoms with Crippen LogP contribution in [0.2, 0.25) is 0 Å². The molecule has 1 heterocycles. The smallest absolute Gasteiger partial charge is 0.223 e. The molecule has 1 unspecified atom stereocenters. The van der Waals surface area contributed by atoms with E-state index in [-0.39, 0.29) is 23.7 Å². The van der Waals surface area contributed by atoms with Crippen molar-refractivity contribution in [3.8, 4) is 5.75 Å². The minimum absolute atomic E-state index is 0.102. The second-order valence-electron chi connectivity index (χ2n) is 4.69. The average molecular weight is 235 g/mol. The summed E-state index contributed by atoms with van der Waals surface area (Å²) in [5, 5.41) is 2.85. The van der Waals surface area contributed by atoms with Gasteiger partial charge in [0.25, 0.3) is 0 Å². The van der Waals surface area contributed by atoms with Crippen molar-refractivity contribution in [3.05, 3.63) is 29.6 Å². The maximum absolute atomic E-state index is 13.4. The molecule has 4 heteroatoms. The Hall–Kier alpha value is -1.58. The quantitative estimate of drug-likeness (QED) is 0.865. The van der Waals surface area contributed by atoms with E-state index in [2.05, 4.69) is 5.32 Å². The molecule has 1 atom stereocenters. The predicted molar refractivity (Wildman–Crippen MR) is 60.3 cm³/mol. The SMILES string of the molecule is O=C(NCC1Cc2cccc(F)c2O1)C1CC1. The van der Waals surface area contributed by atoms with Gasteiger partial charge in [0.2, 0.25) is 5.91 Å². The van der Waals surface area contributed by atoms with Crippen molar-refractivity contribution < 1.29 is 13.9 Å². The molecule has 1 aromatic carbocycles. The molecule has 1 aliphatic heterocycles. The molecule has 1 N–H and O–H groups in total. The lowest BCUT2D eigenvalue weighted by Gasteiger charge is -2.11. The Bertz CT molecular complexity index is 457. The summed E-state index contributed by atoms with van der Waals surface area (Å²) in [6, 6.07) is 4.94. The summed E-state index contributed by atoms with van der Waals surface area (Å²) in [5.74, 6) is 0.331. The molecule has 17 heavy (non-hydrogen) atoms. The highest BCUT2D eigenvalue weighted by molar-refractivity contribution is 5.80. The first-order valence-corrected chi connectivity index (χ1v) is 5.96. The molecule has 1 saturated carbocycles. The van der Waals surface area contributed by atoms with E-state index >= 15 is 0 Å². The van der Waals surface area contributed by atoms with Crippen molar-refractivity contribution in [1.29, 1.82) is 0 Å². The van der Waals surface area contributed by atoms with Crippen LogP contribution < -0.4 is 10.1 Å². The maximum atomic E-state index is 13.4. The summed E-state index contributed by atoms with van der Waals surface area (Å²) in [7, 11) is 0. The number of carbonyl (C=O) groups is 1. The fourth-order valence-electron chi connectivity index (χ4n) is 2.12. The molecule has 2 aliphatic rings. The van der Waals surface area contributed by atoms with Crippen LogP contribution in [0.25, 0.3) is 0 Å². The highest BCUT2D eigenvalue weighted by Gasteiger charge is 2.31. The van der Waals surface area contributed by atoms with Crippen LogP contribution in [0.4, 0.5) is 4.39 Å². The van der Waals surface area contributed by atoms with Crippen molar-refractivity contribution >= 4 is 5.91 Å². The van der Waals surface area contributed by atoms with Gasteiger partial charge in [0.1, 0.15) is 6.10 Å². The number of nitrogens with one attached hydrogen (secondary N) is 1. The Labute approximate surface area is 99.0 Å². The van der Waals surface area contributed by atoms with Crippen molar-refractivity contribution in [2.75, 3.05) is 6.54 Å². The number of para-hydroxylation sites is 1. The zero-order chi connectivity index (χ0) is 11.8. The van der Waals surface area contributed by atoms with Gasteiger partial charge in [-0.15, -0.1) is 0 Å². The van der Waals surface area contributed by atoms with E-state index < -0.39 is 0 Å². The first-order valence-electron chi connectivity index (χ1n) is 5.96. The second-order valence-corrected chi connectivity index (χ2v) is 4.69. The normalized spacial score (nSPS) is 21.8. The molecule has 1 aliphatic carbocycles. The van der Waals surface area contributed by atoms with E-state index in [4.69, 9.17) is 4.74 Å². The third-order valence-corrected chi connectivity index (χ3v) is 3.23. The van der Waals surface area contributed by atoms with E-state index in [1.54, 1.807) is 6.07 Å². The van der Waals surface area contributed by atoms with Gasteiger partial charge in [0.05, 0.1) is 6.54 Å². The summed E-state index contributed by atoms with van der Waals surface area (Å²) in [4.78, 5) is 11.5. The van der Waals surface area contributed by atoms with E-state index in [1.807, 2.05) is 6.07 Å². The van der Waals surface area contributed by atoms with Crippen LogP contribution in [0.5, 0.6) is 5.75 Å². The van der Waals surface area contributed by atoms with E-state index in [0.717, 1.165) is 18.4 Å². The first kappa shape index (κ1) is 10.6. The molecular weight excluding hydrogens is 221 g/mol. The number of ether oxygens (including phenoxy) is 1. The molecule has 1 amide bonds. The second kappa shape index (κ2) is 4.02. The number of benzene rings is 1. The molecule has 90 valence electrons. The largest absolute Gasteiger partial charge is 0.485 e.